The van der Waals surface area contributed by atoms with Crippen molar-refractivity contribution in [3.8, 4) is 0 Å². The van der Waals surface area contributed by atoms with Gasteiger partial charge in [-0.25, -0.2) is 9.18 Å². The minimum atomic E-state index is -1.29. The largest absolute Gasteiger partial charge is 0.480 e. The predicted molar refractivity (Wildman–Crippen MR) is 59.6 cm³/mol. The smallest absolute Gasteiger partial charge is 0.328 e. The van der Waals surface area contributed by atoms with Crippen LogP contribution in [0.4, 0.5) is 4.39 Å². The number of benzene rings is 1. The number of aliphatic hydroxyl groups is 1. The SMILES string of the molecule is C[C@@]1(O)C[C@@H](C(=O)O)N=C1c1ccc(F)cc1. The molecule has 90 valence electrons. The maximum atomic E-state index is 12.8. The van der Waals surface area contributed by atoms with Crippen molar-refractivity contribution < 1.29 is 19.4 Å². The Morgan fingerprint density at radius 1 is 1.47 bits per heavy atom. The molecule has 1 aromatic rings. The number of hydrogen-bond acceptors (Lipinski definition) is 3. The van der Waals surface area contributed by atoms with Gasteiger partial charge in [0.1, 0.15) is 11.4 Å². The van der Waals surface area contributed by atoms with Gasteiger partial charge in [-0.1, -0.05) is 12.1 Å². The molecule has 4 nitrogen and oxygen atoms in total. The van der Waals surface area contributed by atoms with Crippen LogP contribution in [0.15, 0.2) is 29.3 Å². The van der Waals surface area contributed by atoms with Crippen LogP contribution in [-0.4, -0.2) is 33.5 Å². The maximum absolute atomic E-state index is 12.8. The lowest BCUT2D eigenvalue weighted by Gasteiger charge is -2.19. The first-order chi connectivity index (χ1) is 7.90. The van der Waals surface area contributed by atoms with Gasteiger partial charge in [-0.05, 0) is 24.6 Å². The van der Waals surface area contributed by atoms with Gasteiger partial charge in [0.05, 0.1) is 5.71 Å². The van der Waals surface area contributed by atoms with Gasteiger partial charge in [-0.15, -0.1) is 0 Å². The molecule has 0 saturated carbocycles. The molecular weight excluding hydrogens is 225 g/mol. The lowest BCUT2D eigenvalue weighted by molar-refractivity contribution is -0.139. The molecule has 0 bridgehead atoms. The van der Waals surface area contributed by atoms with Gasteiger partial charge < -0.3 is 10.2 Å². The monoisotopic (exact) mass is 237 g/mol. The van der Waals surface area contributed by atoms with E-state index in [0.29, 0.717) is 11.3 Å². The van der Waals surface area contributed by atoms with Crippen molar-refractivity contribution in [3.05, 3.63) is 35.6 Å². The van der Waals surface area contributed by atoms with Crippen molar-refractivity contribution in [1.29, 1.82) is 0 Å². The van der Waals surface area contributed by atoms with E-state index < -0.39 is 17.6 Å². The molecule has 0 aliphatic carbocycles. The molecule has 0 saturated heterocycles. The Bertz CT molecular complexity index is 479. The average Bonchev–Trinajstić information content (AvgIpc) is 2.56. The van der Waals surface area contributed by atoms with Crippen LogP contribution in [0.25, 0.3) is 0 Å². The lowest BCUT2D eigenvalue weighted by atomic mass is 9.92. The number of carbonyl (C=O) groups is 1. The third-order valence-corrected chi connectivity index (χ3v) is 2.79. The zero-order valence-corrected chi connectivity index (χ0v) is 9.22. The number of aliphatic imine (C=N–C) groups is 1. The molecule has 0 fully saturated rings. The molecule has 0 aromatic heterocycles. The van der Waals surface area contributed by atoms with Crippen LogP contribution in [0.1, 0.15) is 18.9 Å². The minimum absolute atomic E-state index is 0.0367. The van der Waals surface area contributed by atoms with Crippen molar-refractivity contribution >= 4 is 11.7 Å². The summed E-state index contributed by atoms with van der Waals surface area (Å²) in [7, 11) is 0. The standard InChI is InChI=1S/C12H12FNO3/c1-12(17)6-9(11(15)16)14-10(12)7-2-4-8(13)5-3-7/h2-5,9,17H,6H2,1H3,(H,15,16)/t9-,12+/m0/s1. The molecule has 2 rings (SSSR count). The van der Waals surface area contributed by atoms with Crippen LogP contribution in [-0.2, 0) is 4.79 Å². The Hall–Kier alpha value is -1.75. The Kier molecular flexibility index (Phi) is 2.71. The number of nitrogens with zero attached hydrogens (tertiary/aromatic N) is 1. The highest BCUT2D eigenvalue weighted by atomic mass is 19.1. The Balaban J connectivity index is 2.39. The fourth-order valence-electron chi connectivity index (χ4n) is 1.95. The highest BCUT2D eigenvalue weighted by molar-refractivity contribution is 6.09. The Labute approximate surface area is 97.4 Å². The van der Waals surface area contributed by atoms with E-state index in [9.17, 15) is 14.3 Å². The van der Waals surface area contributed by atoms with Gasteiger partial charge in [-0.2, -0.15) is 0 Å². The second-order valence-corrected chi connectivity index (χ2v) is 4.32. The fraction of sp³-hybridized carbons (Fsp3) is 0.333. The zero-order chi connectivity index (χ0) is 12.6. The van der Waals surface area contributed by atoms with Crippen LogP contribution < -0.4 is 0 Å². The van der Waals surface area contributed by atoms with Crippen LogP contribution in [0.2, 0.25) is 0 Å². The molecule has 2 atom stereocenters. The molecule has 0 radical (unpaired) electrons. The van der Waals surface area contributed by atoms with Crippen LogP contribution >= 0.6 is 0 Å². The van der Waals surface area contributed by atoms with E-state index in [1.54, 1.807) is 0 Å². The molecule has 0 amide bonds. The summed E-state index contributed by atoms with van der Waals surface area (Å²) < 4.78 is 12.8. The summed E-state index contributed by atoms with van der Waals surface area (Å²) in [4.78, 5) is 14.8. The summed E-state index contributed by atoms with van der Waals surface area (Å²) in [6.45, 7) is 1.51. The summed E-state index contributed by atoms with van der Waals surface area (Å²) in [5.41, 5.74) is -0.453. The molecule has 1 aliphatic rings. The van der Waals surface area contributed by atoms with Crippen LogP contribution in [0.3, 0.4) is 0 Å². The third kappa shape index (κ3) is 2.19. The van der Waals surface area contributed by atoms with Gasteiger partial charge in [0.25, 0.3) is 0 Å². The summed E-state index contributed by atoms with van der Waals surface area (Å²) in [5, 5.41) is 19.0. The molecular formula is C12H12FNO3. The molecule has 2 N–H and O–H groups in total. The molecule has 5 heteroatoms. The van der Waals surface area contributed by atoms with Crippen molar-refractivity contribution in [1.82, 2.24) is 0 Å². The van der Waals surface area contributed by atoms with Crippen molar-refractivity contribution in [3.63, 3.8) is 0 Å². The van der Waals surface area contributed by atoms with Gasteiger partial charge in [0.2, 0.25) is 0 Å². The Morgan fingerprint density at radius 3 is 2.53 bits per heavy atom. The van der Waals surface area contributed by atoms with E-state index in [2.05, 4.69) is 4.99 Å². The second kappa shape index (κ2) is 3.92. The molecule has 0 spiro atoms. The quantitative estimate of drug-likeness (QED) is 0.812. The topological polar surface area (TPSA) is 69.9 Å². The summed E-state index contributed by atoms with van der Waals surface area (Å²) >= 11 is 0. The summed E-state index contributed by atoms with van der Waals surface area (Å²) in [5.74, 6) is -1.45. The van der Waals surface area contributed by atoms with Gasteiger partial charge in [0.15, 0.2) is 6.04 Å². The highest BCUT2D eigenvalue weighted by Crippen LogP contribution is 2.28. The van der Waals surface area contributed by atoms with E-state index in [-0.39, 0.29) is 12.2 Å². The van der Waals surface area contributed by atoms with Gasteiger partial charge in [0, 0.05) is 6.42 Å². The van der Waals surface area contributed by atoms with Crippen LogP contribution in [0.5, 0.6) is 0 Å². The number of halogens is 1. The summed E-state index contributed by atoms with van der Waals surface area (Å²) in [6.07, 6.45) is 0.0367. The fourth-order valence-corrected chi connectivity index (χ4v) is 1.95. The average molecular weight is 237 g/mol. The normalized spacial score (nSPS) is 27.9. The van der Waals surface area contributed by atoms with E-state index in [1.807, 2.05) is 0 Å². The first kappa shape index (κ1) is 11.7. The Morgan fingerprint density at radius 2 is 2.06 bits per heavy atom. The predicted octanol–water partition coefficient (Wildman–Crippen LogP) is 1.22. The minimum Gasteiger partial charge on any atom is -0.480 e. The highest BCUT2D eigenvalue weighted by Gasteiger charge is 2.40. The first-order valence-corrected chi connectivity index (χ1v) is 5.19. The van der Waals surface area contributed by atoms with E-state index in [1.165, 1.54) is 31.2 Å². The van der Waals surface area contributed by atoms with Gasteiger partial charge >= 0.3 is 5.97 Å². The second-order valence-electron chi connectivity index (χ2n) is 4.32. The molecule has 0 unspecified atom stereocenters. The third-order valence-electron chi connectivity index (χ3n) is 2.79. The van der Waals surface area contributed by atoms with Crippen LogP contribution in [0, 0.1) is 5.82 Å². The lowest BCUT2D eigenvalue weighted by Crippen LogP contribution is -2.33. The first-order valence-electron chi connectivity index (χ1n) is 5.19. The number of carboxylic acid groups (broad SMARTS) is 1. The number of hydrogen-bond donors (Lipinski definition) is 2. The van der Waals surface area contributed by atoms with Gasteiger partial charge in [-0.3, -0.25) is 4.99 Å². The maximum Gasteiger partial charge on any atom is 0.328 e. The van der Waals surface area contributed by atoms with Crippen molar-refractivity contribution in [2.24, 2.45) is 4.99 Å². The van der Waals surface area contributed by atoms with Crippen molar-refractivity contribution in [2.75, 3.05) is 0 Å². The molecule has 1 aromatic carbocycles. The molecule has 17 heavy (non-hydrogen) atoms. The van der Waals surface area contributed by atoms with E-state index >= 15 is 0 Å². The van der Waals surface area contributed by atoms with Crippen molar-refractivity contribution in [2.45, 2.75) is 25.0 Å². The number of rotatable bonds is 2. The van der Waals surface area contributed by atoms with E-state index in [0.717, 1.165) is 0 Å². The molecule has 1 aliphatic heterocycles. The number of carboxylic acids is 1. The molecule has 1 heterocycles. The zero-order valence-electron chi connectivity index (χ0n) is 9.22. The summed E-state index contributed by atoms with van der Waals surface area (Å²) in [6, 6.07) is 4.52. The van der Waals surface area contributed by atoms with E-state index in [4.69, 9.17) is 5.11 Å². The number of aliphatic carboxylic acids is 1.